The van der Waals surface area contributed by atoms with Crippen molar-refractivity contribution in [2.45, 2.75) is 45.2 Å². The molecular formula is C25H32N2O2. The second kappa shape index (κ2) is 9.00. The molecule has 2 fully saturated rings. The molecule has 0 N–H and O–H groups in total. The molecule has 2 aromatic carbocycles. The monoisotopic (exact) mass is 392 g/mol. The number of benzene rings is 2. The molecule has 1 aliphatic carbocycles. The van der Waals surface area contributed by atoms with Crippen LogP contribution in [0.3, 0.4) is 0 Å². The van der Waals surface area contributed by atoms with Gasteiger partial charge in [0.2, 0.25) is 0 Å². The maximum Gasteiger partial charge on any atom is 0.254 e. The van der Waals surface area contributed by atoms with Gasteiger partial charge >= 0.3 is 0 Å². The van der Waals surface area contributed by atoms with Crippen LogP contribution >= 0.6 is 0 Å². The van der Waals surface area contributed by atoms with Gasteiger partial charge in [-0.15, -0.1) is 0 Å². The normalized spacial score (nSPS) is 19.7. The summed E-state index contributed by atoms with van der Waals surface area (Å²) in [5.74, 6) is 1.64. The molecule has 1 saturated heterocycles. The molecule has 0 unspecified atom stereocenters. The van der Waals surface area contributed by atoms with E-state index in [-0.39, 0.29) is 5.91 Å². The van der Waals surface area contributed by atoms with E-state index < -0.39 is 0 Å². The average molecular weight is 393 g/mol. The van der Waals surface area contributed by atoms with E-state index in [1.807, 2.05) is 48.2 Å². The SMILES string of the molecule is Cc1ccc(C(=O)N(Cc2cccc(OC[C@H]3CCCN(C)C3)c2)C2CC2)cc1. The standard InChI is InChI=1S/C25H32N2O2/c1-19-8-10-22(11-9-19)25(28)27(23-12-13-23)17-20-5-3-7-24(15-20)29-18-21-6-4-14-26(2)16-21/h3,5,7-11,15,21,23H,4,6,12-14,16-18H2,1-2H3/t21-/m0/s1. The first kappa shape index (κ1) is 20.0. The molecular weight excluding hydrogens is 360 g/mol. The van der Waals surface area contributed by atoms with Crippen molar-refractivity contribution in [3.05, 3.63) is 65.2 Å². The van der Waals surface area contributed by atoms with E-state index in [0.29, 0.717) is 18.5 Å². The zero-order valence-corrected chi connectivity index (χ0v) is 17.6. The van der Waals surface area contributed by atoms with E-state index in [9.17, 15) is 4.79 Å². The molecule has 4 heteroatoms. The van der Waals surface area contributed by atoms with Crippen LogP contribution in [0, 0.1) is 12.8 Å². The van der Waals surface area contributed by atoms with Gasteiger partial charge in [0.1, 0.15) is 5.75 Å². The van der Waals surface area contributed by atoms with E-state index in [4.69, 9.17) is 4.74 Å². The highest BCUT2D eigenvalue weighted by Crippen LogP contribution is 2.30. The Bertz CT molecular complexity index is 829. The lowest BCUT2D eigenvalue weighted by molar-refractivity contribution is 0.0729. The minimum Gasteiger partial charge on any atom is -0.493 e. The van der Waals surface area contributed by atoms with Crippen LogP contribution in [0.25, 0.3) is 0 Å². The second-order valence-corrected chi connectivity index (χ2v) is 8.76. The van der Waals surface area contributed by atoms with Crippen molar-refractivity contribution in [3.8, 4) is 5.75 Å². The lowest BCUT2D eigenvalue weighted by Gasteiger charge is -2.29. The Balaban J connectivity index is 1.40. The Hall–Kier alpha value is -2.33. The quantitative estimate of drug-likeness (QED) is 0.694. The summed E-state index contributed by atoms with van der Waals surface area (Å²) in [6.07, 6.45) is 4.69. The van der Waals surface area contributed by atoms with Gasteiger partial charge in [-0.05, 0) is 76.0 Å². The van der Waals surface area contributed by atoms with Crippen molar-refractivity contribution in [1.29, 1.82) is 0 Å². The van der Waals surface area contributed by atoms with Crippen molar-refractivity contribution in [2.24, 2.45) is 5.92 Å². The molecule has 0 radical (unpaired) electrons. The van der Waals surface area contributed by atoms with E-state index in [1.54, 1.807) is 0 Å². The third-order valence-corrected chi connectivity index (χ3v) is 6.01. The third-order valence-electron chi connectivity index (χ3n) is 6.01. The number of hydrogen-bond acceptors (Lipinski definition) is 3. The van der Waals surface area contributed by atoms with Crippen LogP contribution in [0.1, 0.15) is 47.2 Å². The molecule has 1 heterocycles. The van der Waals surface area contributed by atoms with Gasteiger partial charge in [0.15, 0.2) is 0 Å². The van der Waals surface area contributed by atoms with Crippen LogP contribution < -0.4 is 4.74 Å². The first-order valence-electron chi connectivity index (χ1n) is 10.9. The van der Waals surface area contributed by atoms with Crippen LogP contribution in [0.5, 0.6) is 5.75 Å². The molecule has 154 valence electrons. The number of aryl methyl sites for hydroxylation is 1. The van der Waals surface area contributed by atoms with E-state index in [2.05, 4.69) is 24.1 Å². The molecule has 4 rings (SSSR count). The number of rotatable bonds is 7. The number of carbonyl (C=O) groups excluding carboxylic acids is 1. The highest BCUT2D eigenvalue weighted by Gasteiger charge is 2.33. The first-order valence-corrected chi connectivity index (χ1v) is 10.9. The topological polar surface area (TPSA) is 32.8 Å². The van der Waals surface area contributed by atoms with Gasteiger partial charge in [-0.2, -0.15) is 0 Å². The number of piperidine rings is 1. The Morgan fingerprint density at radius 1 is 1.14 bits per heavy atom. The Morgan fingerprint density at radius 3 is 2.66 bits per heavy atom. The van der Waals surface area contributed by atoms with Crippen LogP contribution in [0.4, 0.5) is 0 Å². The summed E-state index contributed by atoms with van der Waals surface area (Å²) in [5, 5.41) is 0. The fourth-order valence-corrected chi connectivity index (χ4v) is 4.17. The predicted octanol–water partition coefficient (Wildman–Crippen LogP) is 4.52. The smallest absolute Gasteiger partial charge is 0.254 e. The minimum absolute atomic E-state index is 0.129. The summed E-state index contributed by atoms with van der Waals surface area (Å²) in [6.45, 7) is 5.76. The molecule has 0 aromatic heterocycles. The maximum atomic E-state index is 13.1. The number of hydrogen-bond donors (Lipinski definition) is 0. The average Bonchev–Trinajstić information content (AvgIpc) is 3.56. The molecule has 2 aliphatic rings. The van der Waals surface area contributed by atoms with Crippen molar-refractivity contribution in [2.75, 3.05) is 26.7 Å². The highest BCUT2D eigenvalue weighted by molar-refractivity contribution is 5.94. The molecule has 29 heavy (non-hydrogen) atoms. The zero-order valence-electron chi connectivity index (χ0n) is 17.6. The van der Waals surface area contributed by atoms with Gasteiger partial charge < -0.3 is 14.5 Å². The zero-order chi connectivity index (χ0) is 20.2. The van der Waals surface area contributed by atoms with Gasteiger partial charge in [-0.3, -0.25) is 4.79 Å². The lowest BCUT2D eigenvalue weighted by Crippen LogP contribution is -2.34. The number of nitrogens with zero attached hydrogens (tertiary/aromatic N) is 2. The largest absolute Gasteiger partial charge is 0.493 e. The number of amides is 1. The lowest BCUT2D eigenvalue weighted by atomic mass is 9.99. The fourth-order valence-electron chi connectivity index (χ4n) is 4.17. The Morgan fingerprint density at radius 2 is 1.93 bits per heavy atom. The molecule has 4 nitrogen and oxygen atoms in total. The summed E-state index contributed by atoms with van der Waals surface area (Å²) < 4.78 is 6.12. The van der Waals surface area contributed by atoms with Gasteiger partial charge in [0, 0.05) is 30.6 Å². The molecule has 1 amide bonds. The van der Waals surface area contributed by atoms with Gasteiger partial charge in [-0.1, -0.05) is 29.8 Å². The van der Waals surface area contributed by atoms with E-state index in [1.165, 1.54) is 24.9 Å². The van der Waals surface area contributed by atoms with Crippen LogP contribution in [-0.4, -0.2) is 48.5 Å². The second-order valence-electron chi connectivity index (χ2n) is 8.76. The summed E-state index contributed by atoms with van der Waals surface area (Å²) in [7, 11) is 2.18. The van der Waals surface area contributed by atoms with E-state index in [0.717, 1.165) is 42.9 Å². The van der Waals surface area contributed by atoms with Crippen LogP contribution in [-0.2, 0) is 6.54 Å². The first-order chi connectivity index (χ1) is 14.1. The van der Waals surface area contributed by atoms with Gasteiger partial charge in [-0.25, -0.2) is 0 Å². The molecule has 1 aliphatic heterocycles. The van der Waals surface area contributed by atoms with Crippen molar-refractivity contribution in [1.82, 2.24) is 9.80 Å². The minimum atomic E-state index is 0.129. The van der Waals surface area contributed by atoms with Crippen LogP contribution in [0.15, 0.2) is 48.5 Å². The summed E-state index contributed by atoms with van der Waals surface area (Å²) in [6, 6.07) is 16.5. The molecule has 1 atom stereocenters. The maximum absolute atomic E-state index is 13.1. The number of likely N-dealkylation sites (tertiary alicyclic amines) is 1. The molecule has 0 spiro atoms. The number of carbonyl (C=O) groups is 1. The fraction of sp³-hybridized carbons (Fsp3) is 0.480. The van der Waals surface area contributed by atoms with E-state index >= 15 is 0 Å². The molecule has 2 aromatic rings. The van der Waals surface area contributed by atoms with Crippen molar-refractivity contribution >= 4 is 5.91 Å². The Kier molecular flexibility index (Phi) is 6.19. The number of ether oxygens (including phenoxy) is 1. The summed E-state index contributed by atoms with van der Waals surface area (Å²) >= 11 is 0. The highest BCUT2D eigenvalue weighted by atomic mass is 16.5. The third kappa shape index (κ3) is 5.39. The molecule has 0 bridgehead atoms. The summed E-state index contributed by atoms with van der Waals surface area (Å²) in [5.41, 5.74) is 3.08. The van der Waals surface area contributed by atoms with Crippen LogP contribution in [0.2, 0.25) is 0 Å². The molecule has 1 saturated carbocycles. The van der Waals surface area contributed by atoms with Crippen molar-refractivity contribution in [3.63, 3.8) is 0 Å². The van der Waals surface area contributed by atoms with Crippen molar-refractivity contribution < 1.29 is 9.53 Å². The van der Waals surface area contributed by atoms with Gasteiger partial charge in [0.25, 0.3) is 5.91 Å². The van der Waals surface area contributed by atoms with Gasteiger partial charge in [0.05, 0.1) is 6.61 Å². The Labute approximate surface area is 174 Å². The summed E-state index contributed by atoms with van der Waals surface area (Å²) in [4.78, 5) is 17.5. The predicted molar refractivity (Wildman–Crippen MR) is 116 cm³/mol.